The Kier molecular flexibility index (Phi) is 35.5. The van der Waals surface area contributed by atoms with E-state index in [4.69, 9.17) is 19.3 Å². The number of carbonyl (C=O) groups excluding carboxylic acids is 2. The van der Waals surface area contributed by atoms with Crippen LogP contribution in [0.15, 0.2) is 85.1 Å². The topological polar surface area (TPSA) is 140 Å². The maximum Gasteiger partial charge on any atom is 0.469 e. The van der Waals surface area contributed by atoms with E-state index in [-0.39, 0.29) is 19.4 Å². The molecule has 302 valence electrons. The normalized spacial score (nSPS) is 14.0. The van der Waals surface area contributed by atoms with E-state index in [2.05, 4.69) is 48.8 Å². The lowest BCUT2D eigenvalue weighted by Crippen LogP contribution is -2.29. The third kappa shape index (κ3) is 40.2. The fraction of sp³-hybridized carbons (Fsp3) is 0.628. The predicted octanol–water partition coefficient (Wildman–Crippen LogP) is 11.0. The Labute approximate surface area is 321 Å². The summed E-state index contributed by atoms with van der Waals surface area (Å²) < 4.78 is 26.2. The third-order valence-corrected chi connectivity index (χ3v) is 8.48. The Morgan fingerprint density at radius 3 is 1.83 bits per heavy atom. The quantitative estimate of drug-likeness (QED) is 0.0189. The molecule has 0 aromatic heterocycles. The average molecular weight is 763 g/mol. The standard InChI is InChI=1S/C43H71O9P/c1-3-5-7-9-11-12-13-14-15-16-17-21-24-28-32-36-42(45)50-38-41(39-51-53(47,48)49)52-43(46)37-33-29-25-22-19-18-20-23-27-31-35-40(44)34-30-26-10-8-6-4-2/h6,8,12-13,18-19,23,25-27,29-31,35,40-41,44H,3-5,7,9-11,14-17,20-22,24,28,32-34,36-39H2,1-2H3,(H2,47,48,49)/b8-6-,13-12-,19-18-,27-23-,29-25-,30-26-,35-31+/t40?,41-/m1/s1. The molecule has 1 unspecified atom stereocenters. The Morgan fingerprint density at radius 1 is 0.604 bits per heavy atom. The largest absolute Gasteiger partial charge is 0.469 e. The highest BCUT2D eigenvalue weighted by Crippen LogP contribution is 2.36. The molecule has 0 rings (SSSR count). The zero-order valence-electron chi connectivity index (χ0n) is 32.7. The molecule has 3 N–H and O–H groups in total. The van der Waals surface area contributed by atoms with Gasteiger partial charge in [-0.1, -0.05) is 150 Å². The molecule has 9 nitrogen and oxygen atoms in total. The molecule has 0 aromatic carbocycles. The van der Waals surface area contributed by atoms with Crippen LogP contribution in [0.3, 0.4) is 0 Å². The maximum absolute atomic E-state index is 12.4. The van der Waals surface area contributed by atoms with Gasteiger partial charge in [0, 0.05) is 12.8 Å². The van der Waals surface area contributed by atoms with Crippen molar-refractivity contribution in [3.8, 4) is 0 Å². The first-order chi connectivity index (χ1) is 25.7. The van der Waals surface area contributed by atoms with Crippen molar-refractivity contribution in [2.45, 2.75) is 161 Å². The summed E-state index contributed by atoms with van der Waals surface area (Å²) in [6.07, 6.45) is 46.3. The van der Waals surface area contributed by atoms with Crippen molar-refractivity contribution < 1.29 is 43.0 Å². The van der Waals surface area contributed by atoms with Crippen LogP contribution in [-0.2, 0) is 28.2 Å². The van der Waals surface area contributed by atoms with Crippen molar-refractivity contribution in [1.29, 1.82) is 0 Å². The lowest BCUT2D eigenvalue weighted by Gasteiger charge is -2.18. The molecule has 0 bridgehead atoms. The van der Waals surface area contributed by atoms with E-state index in [1.54, 1.807) is 6.08 Å². The summed E-state index contributed by atoms with van der Waals surface area (Å²) >= 11 is 0. The summed E-state index contributed by atoms with van der Waals surface area (Å²) in [4.78, 5) is 42.7. The van der Waals surface area contributed by atoms with Gasteiger partial charge in [0.1, 0.15) is 6.61 Å². The van der Waals surface area contributed by atoms with Crippen LogP contribution in [0.4, 0.5) is 0 Å². The molecule has 0 aliphatic heterocycles. The average Bonchev–Trinajstić information content (AvgIpc) is 3.12. The SMILES string of the molecule is CC/C=C\C/C=C\CC(O)/C=C/C=C\C/C=C\C/C=C\CCC(=O)O[C@H](COC(=O)CCCCCCCCC/C=C\CCCCCC)COP(=O)(O)O. The van der Waals surface area contributed by atoms with Crippen molar-refractivity contribution in [3.63, 3.8) is 0 Å². The Balaban J connectivity index is 4.17. The summed E-state index contributed by atoms with van der Waals surface area (Å²) in [5.74, 6) is -1.03. The van der Waals surface area contributed by atoms with Gasteiger partial charge < -0.3 is 24.4 Å². The smallest absolute Gasteiger partial charge is 0.462 e. The van der Waals surface area contributed by atoms with Crippen LogP contribution in [0, 0.1) is 0 Å². The number of ether oxygens (including phenoxy) is 2. The number of phosphoric ester groups is 1. The Morgan fingerprint density at radius 2 is 1.17 bits per heavy atom. The number of esters is 2. The molecule has 0 aliphatic carbocycles. The Hall–Kier alpha value is -2.81. The summed E-state index contributed by atoms with van der Waals surface area (Å²) in [6, 6.07) is 0. The van der Waals surface area contributed by atoms with Crippen molar-refractivity contribution in [2.75, 3.05) is 13.2 Å². The minimum atomic E-state index is -4.79. The second kappa shape index (κ2) is 37.5. The molecule has 0 saturated carbocycles. The zero-order valence-corrected chi connectivity index (χ0v) is 33.6. The number of rotatable bonds is 35. The number of allylic oxidation sites excluding steroid dienone is 12. The molecule has 0 saturated heterocycles. The first-order valence-electron chi connectivity index (χ1n) is 20.0. The highest BCUT2D eigenvalue weighted by molar-refractivity contribution is 7.46. The number of phosphoric acid groups is 1. The van der Waals surface area contributed by atoms with Gasteiger partial charge in [-0.3, -0.25) is 14.1 Å². The number of carbonyl (C=O) groups is 2. The number of hydrogen-bond acceptors (Lipinski definition) is 7. The van der Waals surface area contributed by atoms with E-state index in [1.165, 1.54) is 51.4 Å². The minimum absolute atomic E-state index is 0.0585. The van der Waals surface area contributed by atoms with Crippen LogP contribution in [0.2, 0.25) is 0 Å². The fourth-order valence-electron chi connectivity index (χ4n) is 5.01. The summed E-state index contributed by atoms with van der Waals surface area (Å²) in [6.45, 7) is 3.41. The van der Waals surface area contributed by atoms with Gasteiger partial charge in [-0.25, -0.2) is 4.57 Å². The minimum Gasteiger partial charge on any atom is -0.462 e. The highest BCUT2D eigenvalue weighted by Gasteiger charge is 2.22. The van der Waals surface area contributed by atoms with Crippen LogP contribution in [0.25, 0.3) is 0 Å². The molecule has 0 spiro atoms. The van der Waals surface area contributed by atoms with Gasteiger partial charge in [0.15, 0.2) is 6.10 Å². The number of hydrogen-bond donors (Lipinski definition) is 3. The van der Waals surface area contributed by atoms with E-state index in [1.807, 2.05) is 48.6 Å². The van der Waals surface area contributed by atoms with Gasteiger partial charge in [-0.15, -0.1) is 0 Å². The van der Waals surface area contributed by atoms with E-state index < -0.39 is 38.6 Å². The van der Waals surface area contributed by atoms with Crippen LogP contribution in [0.5, 0.6) is 0 Å². The van der Waals surface area contributed by atoms with E-state index in [0.717, 1.165) is 44.9 Å². The molecule has 0 fully saturated rings. The van der Waals surface area contributed by atoms with Gasteiger partial charge in [0.2, 0.25) is 0 Å². The molecule has 0 heterocycles. The molecule has 10 heteroatoms. The van der Waals surface area contributed by atoms with Crippen LogP contribution < -0.4 is 0 Å². The van der Waals surface area contributed by atoms with E-state index in [9.17, 15) is 19.3 Å². The van der Waals surface area contributed by atoms with Crippen molar-refractivity contribution in [2.24, 2.45) is 0 Å². The molecular weight excluding hydrogens is 691 g/mol. The van der Waals surface area contributed by atoms with Crippen molar-refractivity contribution in [1.82, 2.24) is 0 Å². The van der Waals surface area contributed by atoms with Crippen LogP contribution in [-0.4, -0.2) is 52.3 Å². The zero-order chi connectivity index (χ0) is 39.1. The summed E-state index contributed by atoms with van der Waals surface area (Å²) in [7, 11) is -4.79. The van der Waals surface area contributed by atoms with Gasteiger partial charge in [-0.05, 0) is 70.6 Å². The second-order valence-corrected chi connectivity index (χ2v) is 14.3. The van der Waals surface area contributed by atoms with E-state index >= 15 is 0 Å². The van der Waals surface area contributed by atoms with Gasteiger partial charge in [0.25, 0.3) is 0 Å². The molecular formula is C43H71O9P. The van der Waals surface area contributed by atoms with Crippen molar-refractivity contribution >= 4 is 19.8 Å². The van der Waals surface area contributed by atoms with Gasteiger partial charge in [-0.2, -0.15) is 0 Å². The molecule has 0 radical (unpaired) electrons. The molecule has 0 amide bonds. The van der Waals surface area contributed by atoms with Gasteiger partial charge >= 0.3 is 19.8 Å². The lowest BCUT2D eigenvalue weighted by molar-refractivity contribution is -0.161. The number of aliphatic hydroxyl groups is 1. The predicted molar refractivity (Wildman–Crippen MR) is 217 cm³/mol. The van der Waals surface area contributed by atoms with Crippen LogP contribution in [0.1, 0.15) is 149 Å². The fourth-order valence-corrected chi connectivity index (χ4v) is 5.37. The maximum atomic E-state index is 12.4. The number of unbranched alkanes of at least 4 members (excludes halogenated alkanes) is 11. The van der Waals surface area contributed by atoms with E-state index in [0.29, 0.717) is 25.7 Å². The molecule has 53 heavy (non-hydrogen) atoms. The second-order valence-electron chi connectivity index (χ2n) is 13.1. The highest BCUT2D eigenvalue weighted by atomic mass is 31.2. The first-order valence-corrected chi connectivity index (χ1v) is 21.5. The molecule has 2 atom stereocenters. The first kappa shape index (κ1) is 50.2. The van der Waals surface area contributed by atoms with Crippen LogP contribution >= 0.6 is 7.82 Å². The Bertz CT molecular complexity index is 1150. The molecule has 0 aliphatic rings. The summed E-state index contributed by atoms with van der Waals surface area (Å²) in [5.41, 5.74) is 0. The third-order valence-electron chi connectivity index (χ3n) is 7.99. The van der Waals surface area contributed by atoms with Gasteiger partial charge in [0.05, 0.1) is 12.7 Å². The molecule has 0 aromatic rings. The monoisotopic (exact) mass is 762 g/mol. The lowest BCUT2D eigenvalue weighted by atomic mass is 10.1. The number of aliphatic hydroxyl groups excluding tert-OH is 1. The summed E-state index contributed by atoms with van der Waals surface area (Å²) in [5, 5.41) is 9.97. The van der Waals surface area contributed by atoms with Crippen molar-refractivity contribution in [3.05, 3.63) is 85.1 Å².